The Morgan fingerprint density at radius 1 is 1.52 bits per heavy atom. The van der Waals surface area contributed by atoms with Crippen molar-refractivity contribution in [1.29, 1.82) is 5.26 Å². The lowest BCUT2D eigenvalue weighted by molar-refractivity contribution is -0.130. The predicted molar refractivity (Wildman–Crippen MR) is 88.7 cm³/mol. The number of amides is 1. The molecule has 1 atom stereocenters. The van der Waals surface area contributed by atoms with Gasteiger partial charge in [0.15, 0.2) is 0 Å². The second-order valence-electron chi connectivity index (χ2n) is 4.84. The molecule has 2 rings (SSSR count). The Hall–Kier alpha value is -1.40. The number of nitrogens with zero attached hydrogens (tertiary/aromatic N) is 3. The van der Waals surface area contributed by atoms with Crippen molar-refractivity contribution < 1.29 is 4.79 Å². The van der Waals surface area contributed by atoms with E-state index < -0.39 is 0 Å². The van der Waals surface area contributed by atoms with E-state index in [1.54, 1.807) is 11.1 Å². The van der Waals surface area contributed by atoms with Crippen LogP contribution < -0.4 is 10.6 Å². The van der Waals surface area contributed by atoms with Crippen molar-refractivity contribution in [3.8, 4) is 6.07 Å². The molecule has 0 aliphatic carbocycles. The first kappa shape index (κ1) is 16.0. The minimum Gasteiger partial charge on any atom is -0.369 e. The van der Waals surface area contributed by atoms with Crippen molar-refractivity contribution in [2.75, 3.05) is 31.5 Å². The molecule has 7 heteroatoms. The largest absolute Gasteiger partial charge is 0.369 e. The number of hydrogen-bond donors (Lipinski definition) is 2. The first-order chi connectivity index (χ1) is 10.2. The number of hydrogen-bond acceptors (Lipinski definition) is 5. The Kier molecular flexibility index (Phi) is 6.20. The molecule has 1 aliphatic rings. The van der Waals surface area contributed by atoms with Gasteiger partial charge in [0.1, 0.15) is 11.9 Å². The molecular weight excluding hydrogens is 381 g/mol. The molecule has 21 heavy (non-hydrogen) atoms. The molecule has 6 nitrogen and oxygen atoms in total. The molecule has 1 saturated heterocycles. The Balaban J connectivity index is 1.62. The predicted octanol–water partition coefficient (Wildman–Crippen LogP) is 1.20. The van der Waals surface area contributed by atoms with E-state index in [1.165, 1.54) is 0 Å². The lowest BCUT2D eigenvalue weighted by Gasteiger charge is -2.19. The average Bonchev–Trinajstić information content (AvgIpc) is 2.97. The number of aromatic nitrogens is 1. The molecule has 1 aromatic heterocycles. The van der Waals surface area contributed by atoms with E-state index >= 15 is 0 Å². The third-order valence-corrected chi connectivity index (χ3v) is 3.97. The van der Waals surface area contributed by atoms with E-state index in [2.05, 4.69) is 44.3 Å². The maximum Gasteiger partial charge on any atom is 0.237 e. The third kappa shape index (κ3) is 4.82. The van der Waals surface area contributed by atoms with E-state index in [9.17, 15) is 4.79 Å². The number of pyridine rings is 1. The summed E-state index contributed by atoms with van der Waals surface area (Å²) in [6, 6.07) is 5.85. The zero-order valence-corrected chi connectivity index (χ0v) is 13.8. The van der Waals surface area contributed by atoms with Gasteiger partial charge in [-0.15, -0.1) is 0 Å². The van der Waals surface area contributed by atoms with Gasteiger partial charge in [-0.3, -0.25) is 4.79 Å². The third-order valence-electron chi connectivity index (χ3n) is 3.33. The van der Waals surface area contributed by atoms with Crippen LogP contribution >= 0.6 is 22.6 Å². The summed E-state index contributed by atoms with van der Waals surface area (Å²) in [5.41, 5.74) is 0. The highest BCUT2D eigenvalue weighted by atomic mass is 127. The molecule has 0 radical (unpaired) electrons. The van der Waals surface area contributed by atoms with Gasteiger partial charge in [0, 0.05) is 29.4 Å². The Morgan fingerprint density at radius 2 is 2.38 bits per heavy atom. The van der Waals surface area contributed by atoms with Crippen LogP contribution in [0.3, 0.4) is 0 Å². The maximum atomic E-state index is 12.0. The van der Waals surface area contributed by atoms with Gasteiger partial charge < -0.3 is 15.5 Å². The molecule has 2 N–H and O–H groups in total. The van der Waals surface area contributed by atoms with E-state index in [0.717, 1.165) is 22.2 Å². The molecule has 1 aliphatic heterocycles. The summed E-state index contributed by atoms with van der Waals surface area (Å²) in [7, 11) is 0. The van der Waals surface area contributed by atoms with Crippen LogP contribution in [0.15, 0.2) is 18.3 Å². The second kappa shape index (κ2) is 8.14. The first-order valence-electron chi connectivity index (χ1n) is 6.96. The molecule has 2 heterocycles. The molecule has 0 spiro atoms. The molecule has 112 valence electrons. The van der Waals surface area contributed by atoms with Crippen LogP contribution in [0.2, 0.25) is 0 Å². The minimum atomic E-state index is -0.242. The van der Waals surface area contributed by atoms with Crippen LogP contribution in [0.25, 0.3) is 0 Å². The van der Waals surface area contributed by atoms with Crippen LogP contribution in [-0.4, -0.2) is 48.0 Å². The summed E-state index contributed by atoms with van der Waals surface area (Å²) in [6.45, 7) is 2.34. The Morgan fingerprint density at radius 3 is 3.10 bits per heavy atom. The van der Waals surface area contributed by atoms with Gasteiger partial charge in [-0.1, -0.05) is 0 Å². The zero-order valence-electron chi connectivity index (χ0n) is 11.7. The maximum absolute atomic E-state index is 12.0. The van der Waals surface area contributed by atoms with Gasteiger partial charge in [-0.2, -0.15) is 5.26 Å². The number of carbonyl (C=O) groups is 1. The summed E-state index contributed by atoms with van der Waals surface area (Å²) < 4.78 is 1.10. The number of halogens is 1. The van der Waals surface area contributed by atoms with E-state index in [0.29, 0.717) is 19.6 Å². The molecule has 1 amide bonds. The van der Waals surface area contributed by atoms with Gasteiger partial charge in [0.2, 0.25) is 5.91 Å². The lowest BCUT2D eigenvalue weighted by Crippen LogP contribution is -2.41. The van der Waals surface area contributed by atoms with Gasteiger partial charge in [-0.05, 0) is 47.6 Å². The molecule has 0 aromatic carbocycles. The van der Waals surface area contributed by atoms with Crippen LogP contribution in [0.4, 0.5) is 5.82 Å². The lowest BCUT2D eigenvalue weighted by atomic mass is 10.2. The molecule has 1 unspecified atom stereocenters. The number of nitrogens with one attached hydrogen (secondary N) is 2. The molecule has 0 bridgehead atoms. The standard InChI is InChI=1S/C14H18IN5O/c15-11-3-4-13(19-9-11)18-6-5-17-10-14(21)20-7-1-2-12(20)8-16/h3-4,9,12,17H,1-2,5-7,10H2,(H,18,19). The van der Waals surface area contributed by atoms with Gasteiger partial charge in [0.05, 0.1) is 12.6 Å². The summed E-state index contributed by atoms with van der Waals surface area (Å²) in [5.74, 6) is 0.832. The van der Waals surface area contributed by atoms with Gasteiger partial charge in [0.25, 0.3) is 0 Å². The highest BCUT2D eigenvalue weighted by molar-refractivity contribution is 14.1. The summed E-state index contributed by atoms with van der Waals surface area (Å²) in [4.78, 5) is 17.9. The highest BCUT2D eigenvalue weighted by Crippen LogP contribution is 2.15. The highest BCUT2D eigenvalue weighted by Gasteiger charge is 2.27. The molecule has 1 aromatic rings. The van der Waals surface area contributed by atoms with Crippen molar-refractivity contribution in [3.63, 3.8) is 0 Å². The Labute approximate surface area is 138 Å². The smallest absolute Gasteiger partial charge is 0.237 e. The van der Waals surface area contributed by atoms with Crippen LogP contribution in [0.5, 0.6) is 0 Å². The number of likely N-dealkylation sites (tertiary alicyclic amines) is 1. The van der Waals surface area contributed by atoms with E-state index in [4.69, 9.17) is 5.26 Å². The van der Waals surface area contributed by atoms with Gasteiger partial charge >= 0.3 is 0 Å². The monoisotopic (exact) mass is 399 g/mol. The fourth-order valence-corrected chi connectivity index (χ4v) is 2.57. The van der Waals surface area contributed by atoms with Crippen molar-refractivity contribution in [3.05, 3.63) is 21.9 Å². The molecule has 0 saturated carbocycles. The van der Waals surface area contributed by atoms with Crippen LogP contribution in [0.1, 0.15) is 12.8 Å². The van der Waals surface area contributed by atoms with Crippen molar-refractivity contribution in [1.82, 2.24) is 15.2 Å². The second-order valence-corrected chi connectivity index (χ2v) is 6.09. The van der Waals surface area contributed by atoms with Gasteiger partial charge in [-0.25, -0.2) is 4.98 Å². The van der Waals surface area contributed by atoms with Crippen molar-refractivity contribution in [2.24, 2.45) is 0 Å². The zero-order chi connectivity index (χ0) is 15.1. The summed E-state index contributed by atoms with van der Waals surface area (Å²) in [5, 5.41) is 15.2. The SMILES string of the molecule is N#CC1CCCN1C(=O)CNCCNc1ccc(I)cn1. The Bertz CT molecular complexity index is 513. The first-order valence-corrected chi connectivity index (χ1v) is 8.04. The minimum absolute atomic E-state index is 0.00596. The number of nitriles is 1. The molecule has 1 fully saturated rings. The van der Waals surface area contributed by atoms with E-state index in [1.807, 2.05) is 12.1 Å². The summed E-state index contributed by atoms with van der Waals surface area (Å²) >= 11 is 2.21. The van der Waals surface area contributed by atoms with E-state index in [-0.39, 0.29) is 18.5 Å². The number of carbonyl (C=O) groups excluding carboxylic acids is 1. The number of anilines is 1. The molecular formula is C14H18IN5O. The fourth-order valence-electron chi connectivity index (χ4n) is 2.26. The normalized spacial score (nSPS) is 17.5. The average molecular weight is 399 g/mol. The van der Waals surface area contributed by atoms with Crippen LogP contribution in [-0.2, 0) is 4.79 Å². The van der Waals surface area contributed by atoms with Crippen molar-refractivity contribution in [2.45, 2.75) is 18.9 Å². The quantitative estimate of drug-likeness (QED) is 0.555. The van der Waals surface area contributed by atoms with Crippen LogP contribution in [0, 0.1) is 14.9 Å². The fraction of sp³-hybridized carbons (Fsp3) is 0.500. The van der Waals surface area contributed by atoms with Crippen molar-refractivity contribution >= 4 is 34.3 Å². The topological polar surface area (TPSA) is 81.0 Å². The number of rotatable bonds is 6. The summed E-state index contributed by atoms with van der Waals surface area (Å²) in [6.07, 6.45) is 3.52.